The number of ether oxygens (including phenoxy) is 1. The van der Waals surface area contributed by atoms with E-state index in [0.717, 1.165) is 29.2 Å². The zero-order valence-electron chi connectivity index (χ0n) is 18.8. The van der Waals surface area contributed by atoms with Crippen LogP contribution in [0.1, 0.15) is 42.2 Å². The quantitative estimate of drug-likeness (QED) is 0.462. The Hall–Kier alpha value is -4.18. The average Bonchev–Trinajstić information content (AvgIpc) is 3.11. The molecule has 3 amide bonds. The highest BCUT2D eigenvalue weighted by molar-refractivity contribution is 6.21. The highest BCUT2D eigenvalue weighted by Crippen LogP contribution is 2.30. The number of imide groups is 1. The van der Waals surface area contributed by atoms with Gasteiger partial charge in [0.15, 0.2) is 0 Å². The zero-order chi connectivity index (χ0) is 25.9. The summed E-state index contributed by atoms with van der Waals surface area (Å²) in [4.78, 5) is 38.5. The summed E-state index contributed by atoms with van der Waals surface area (Å²) in [6, 6.07) is 17.0. The van der Waals surface area contributed by atoms with Crippen molar-refractivity contribution in [3.63, 3.8) is 0 Å². The van der Waals surface area contributed by atoms with E-state index in [1.54, 1.807) is 36.4 Å². The van der Waals surface area contributed by atoms with E-state index in [0.29, 0.717) is 22.3 Å². The molecule has 0 saturated carbocycles. The van der Waals surface area contributed by atoms with Crippen LogP contribution in [0.15, 0.2) is 72.8 Å². The molecule has 0 spiro atoms. The van der Waals surface area contributed by atoms with E-state index in [4.69, 9.17) is 4.74 Å². The summed E-state index contributed by atoms with van der Waals surface area (Å²) in [6.45, 7) is -0.310. The molecule has 186 valence electrons. The summed E-state index contributed by atoms with van der Waals surface area (Å²) < 4.78 is 43.0. The summed E-state index contributed by atoms with van der Waals surface area (Å²) >= 11 is 0. The van der Waals surface area contributed by atoms with Gasteiger partial charge >= 0.3 is 6.18 Å². The number of amides is 3. The lowest BCUT2D eigenvalue weighted by atomic mass is 10.1. The Kier molecular flexibility index (Phi) is 7.07. The predicted octanol–water partition coefficient (Wildman–Crippen LogP) is 3.67. The van der Waals surface area contributed by atoms with Crippen molar-refractivity contribution in [3.8, 4) is 5.75 Å². The van der Waals surface area contributed by atoms with E-state index < -0.39 is 23.8 Å². The van der Waals surface area contributed by atoms with Crippen molar-refractivity contribution in [1.82, 2.24) is 10.2 Å². The van der Waals surface area contributed by atoms with E-state index in [1.165, 1.54) is 12.1 Å². The highest BCUT2D eigenvalue weighted by atomic mass is 19.4. The maximum Gasteiger partial charge on any atom is 0.416 e. The van der Waals surface area contributed by atoms with Gasteiger partial charge in [-0.1, -0.05) is 24.3 Å². The van der Waals surface area contributed by atoms with Crippen molar-refractivity contribution in [2.24, 2.45) is 0 Å². The predicted molar refractivity (Wildman–Crippen MR) is 122 cm³/mol. The van der Waals surface area contributed by atoms with Crippen LogP contribution in [0.2, 0.25) is 0 Å². The lowest BCUT2D eigenvalue weighted by molar-refractivity contribution is -0.137. The number of carbonyl (C=O) groups is 3. The van der Waals surface area contributed by atoms with E-state index >= 15 is 0 Å². The molecule has 1 heterocycles. The second-order valence-electron chi connectivity index (χ2n) is 8.14. The molecule has 1 unspecified atom stereocenters. The first-order valence-electron chi connectivity index (χ1n) is 10.9. The molecule has 3 aromatic carbocycles. The Bertz CT molecular complexity index is 1240. The van der Waals surface area contributed by atoms with Crippen LogP contribution in [-0.2, 0) is 12.7 Å². The molecule has 1 aliphatic rings. The minimum absolute atomic E-state index is 0.0637. The van der Waals surface area contributed by atoms with Gasteiger partial charge in [0.1, 0.15) is 18.5 Å². The Morgan fingerprint density at radius 3 is 2.06 bits per heavy atom. The van der Waals surface area contributed by atoms with Crippen LogP contribution in [0.4, 0.5) is 13.2 Å². The Morgan fingerprint density at radius 1 is 0.917 bits per heavy atom. The third-order valence-electron chi connectivity index (χ3n) is 5.56. The standard InChI is InChI=1S/C26H21F3N2O5/c27-26(28,29)18-9-11-20(12-10-18)36-15-19(32)13-30-23(33)17-7-5-16(6-8-17)14-31-24(34)21-3-1-2-4-22(21)25(31)35/h1-12,19,32H,13-15H2,(H,30,33). The number of hydrogen-bond acceptors (Lipinski definition) is 5. The van der Waals surface area contributed by atoms with E-state index in [9.17, 15) is 32.7 Å². The van der Waals surface area contributed by atoms with Gasteiger partial charge in [-0.3, -0.25) is 19.3 Å². The topological polar surface area (TPSA) is 95.9 Å². The lowest BCUT2D eigenvalue weighted by Crippen LogP contribution is -2.35. The largest absolute Gasteiger partial charge is 0.491 e. The van der Waals surface area contributed by atoms with Crippen LogP contribution in [0.5, 0.6) is 5.75 Å². The number of halogens is 3. The molecule has 0 radical (unpaired) electrons. The number of carbonyl (C=O) groups excluding carboxylic acids is 3. The minimum atomic E-state index is -4.45. The van der Waals surface area contributed by atoms with Gasteiger partial charge in [0.05, 0.1) is 23.2 Å². The maximum absolute atomic E-state index is 12.6. The number of hydrogen-bond donors (Lipinski definition) is 2. The SMILES string of the molecule is O=C(NCC(O)COc1ccc(C(F)(F)F)cc1)c1ccc(CN2C(=O)c3ccccc3C2=O)cc1. The number of alkyl halides is 3. The normalized spacial score (nSPS) is 13.9. The maximum atomic E-state index is 12.6. The van der Waals surface area contributed by atoms with Gasteiger partial charge in [0.25, 0.3) is 17.7 Å². The molecule has 2 N–H and O–H groups in total. The molecule has 0 fully saturated rings. The highest BCUT2D eigenvalue weighted by Gasteiger charge is 2.35. The number of nitrogens with zero attached hydrogens (tertiary/aromatic N) is 1. The van der Waals surface area contributed by atoms with Crippen LogP contribution < -0.4 is 10.1 Å². The molecular formula is C26H21F3N2O5. The molecule has 36 heavy (non-hydrogen) atoms. The van der Waals surface area contributed by atoms with Crippen molar-refractivity contribution in [1.29, 1.82) is 0 Å². The molecule has 10 heteroatoms. The summed E-state index contributed by atoms with van der Waals surface area (Å²) in [6.07, 6.45) is -5.54. The monoisotopic (exact) mass is 498 g/mol. The molecule has 0 aliphatic carbocycles. The molecule has 4 rings (SSSR count). The van der Waals surface area contributed by atoms with E-state index in [-0.39, 0.29) is 37.3 Å². The molecule has 1 atom stereocenters. The number of fused-ring (bicyclic) bond motifs is 1. The Labute approximate surface area is 204 Å². The van der Waals surface area contributed by atoms with Crippen LogP contribution in [0.25, 0.3) is 0 Å². The first-order chi connectivity index (χ1) is 17.1. The van der Waals surface area contributed by atoms with Crippen LogP contribution >= 0.6 is 0 Å². The van der Waals surface area contributed by atoms with Crippen LogP contribution in [-0.4, -0.2) is 47.0 Å². The third kappa shape index (κ3) is 5.55. The molecule has 3 aromatic rings. The molecule has 0 bridgehead atoms. The van der Waals surface area contributed by atoms with Crippen molar-refractivity contribution in [2.75, 3.05) is 13.2 Å². The lowest BCUT2D eigenvalue weighted by Gasteiger charge is -2.15. The molecule has 0 saturated heterocycles. The second kappa shape index (κ2) is 10.2. The number of benzene rings is 3. The fourth-order valence-corrected chi connectivity index (χ4v) is 3.63. The molecule has 7 nitrogen and oxygen atoms in total. The fraction of sp³-hybridized carbons (Fsp3) is 0.192. The molecular weight excluding hydrogens is 477 g/mol. The molecule has 1 aliphatic heterocycles. The van der Waals surface area contributed by atoms with Crippen LogP contribution in [0, 0.1) is 0 Å². The zero-order valence-corrected chi connectivity index (χ0v) is 18.8. The van der Waals surface area contributed by atoms with Gasteiger partial charge in [-0.15, -0.1) is 0 Å². The van der Waals surface area contributed by atoms with E-state index in [2.05, 4.69) is 5.32 Å². The first kappa shape index (κ1) is 24.9. The smallest absolute Gasteiger partial charge is 0.416 e. The summed E-state index contributed by atoms with van der Waals surface area (Å²) in [5, 5.41) is 12.6. The van der Waals surface area contributed by atoms with Gasteiger partial charge in [-0.05, 0) is 54.1 Å². The molecule has 0 aromatic heterocycles. The first-order valence-corrected chi connectivity index (χ1v) is 10.9. The number of aliphatic hydroxyl groups is 1. The number of aliphatic hydroxyl groups excluding tert-OH is 1. The van der Waals surface area contributed by atoms with Crippen molar-refractivity contribution in [3.05, 3.63) is 101 Å². The average molecular weight is 498 g/mol. The Balaban J connectivity index is 1.25. The fourth-order valence-electron chi connectivity index (χ4n) is 3.63. The number of nitrogens with one attached hydrogen (secondary N) is 1. The van der Waals surface area contributed by atoms with Gasteiger partial charge in [0.2, 0.25) is 0 Å². The van der Waals surface area contributed by atoms with E-state index in [1.807, 2.05) is 0 Å². The third-order valence-corrected chi connectivity index (χ3v) is 5.56. The summed E-state index contributed by atoms with van der Waals surface area (Å²) in [7, 11) is 0. The number of rotatable bonds is 8. The summed E-state index contributed by atoms with van der Waals surface area (Å²) in [5.41, 5.74) is 0.874. The van der Waals surface area contributed by atoms with Gasteiger partial charge < -0.3 is 15.2 Å². The van der Waals surface area contributed by atoms with Crippen LogP contribution in [0.3, 0.4) is 0 Å². The van der Waals surface area contributed by atoms with Gasteiger partial charge in [-0.25, -0.2) is 0 Å². The van der Waals surface area contributed by atoms with Gasteiger partial charge in [0, 0.05) is 12.1 Å². The van der Waals surface area contributed by atoms with Gasteiger partial charge in [-0.2, -0.15) is 13.2 Å². The van der Waals surface area contributed by atoms with Crippen molar-refractivity contribution < 1.29 is 37.4 Å². The minimum Gasteiger partial charge on any atom is -0.491 e. The summed E-state index contributed by atoms with van der Waals surface area (Å²) in [5.74, 6) is -1.05. The second-order valence-corrected chi connectivity index (χ2v) is 8.14. The van der Waals surface area contributed by atoms with Crippen molar-refractivity contribution in [2.45, 2.75) is 18.8 Å². The Morgan fingerprint density at radius 2 is 1.50 bits per heavy atom. The van der Waals surface area contributed by atoms with Crippen molar-refractivity contribution >= 4 is 17.7 Å².